The van der Waals surface area contributed by atoms with Gasteiger partial charge in [0.1, 0.15) is 0 Å². The molecule has 0 saturated heterocycles. The molecule has 0 radical (unpaired) electrons. The molecule has 0 spiro atoms. The van der Waals surface area contributed by atoms with E-state index < -0.39 is 0 Å². The van der Waals surface area contributed by atoms with Crippen LogP contribution in [0.4, 0.5) is 0 Å². The largest absolute Gasteiger partial charge is 0.324 e. The van der Waals surface area contributed by atoms with Gasteiger partial charge in [-0.15, -0.1) is 6.58 Å². The maximum atomic E-state index is 5.93. The highest BCUT2D eigenvalue weighted by Gasteiger charge is 2.09. The Balaban J connectivity index is 2.82. The third-order valence-corrected chi connectivity index (χ3v) is 2.09. The van der Waals surface area contributed by atoms with Gasteiger partial charge >= 0.3 is 0 Å². The first-order valence-corrected chi connectivity index (χ1v) is 4.48. The first kappa shape index (κ1) is 10.2. The summed E-state index contributed by atoms with van der Waals surface area (Å²) in [6.07, 6.45) is 4.05. The van der Waals surface area contributed by atoms with Crippen LogP contribution in [0.2, 0.25) is 5.02 Å². The van der Waals surface area contributed by atoms with E-state index in [2.05, 4.69) is 11.6 Å². The van der Waals surface area contributed by atoms with Crippen molar-refractivity contribution in [3.8, 4) is 0 Å². The Morgan fingerprint density at radius 3 is 3.00 bits per heavy atom. The Morgan fingerprint density at radius 1 is 1.77 bits per heavy atom. The lowest BCUT2D eigenvalue weighted by atomic mass is 10.0. The number of pyridine rings is 1. The van der Waals surface area contributed by atoms with Gasteiger partial charge in [0.15, 0.2) is 0 Å². The van der Waals surface area contributed by atoms with Gasteiger partial charge in [-0.3, -0.25) is 4.98 Å². The van der Waals surface area contributed by atoms with E-state index in [1.165, 1.54) is 0 Å². The van der Waals surface area contributed by atoms with Gasteiger partial charge in [-0.25, -0.2) is 0 Å². The number of nitrogens with two attached hydrogens (primary N) is 1. The fraction of sp³-hybridized carbons (Fsp3) is 0.300. The van der Waals surface area contributed by atoms with E-state index in [9.17, 15) is 0 Å². The van der Waals surface area contributed by atoms with Gasteiger partial charge in [0.2, 0.25) is 0 Å². The lowest BCUT2D eigenvalue weighted by molar-refractivity contribution is 0.716. The molecule has 0 fully saturated rings. The fourth-order valence-corrected chi connectivity index (χ4v) is 1.43. The summed E-state index contributed by atoms with van der Waals surface area (Å²) in [6, 6.07) is 1.77. The lowest BCUT2D eigenvalue weighted by Crippen LogP contribution is -2.11. The number of hydrogen-bond donors (Lipinski definition) is 1. The van der Waals surface area contributed by atoms with Gasteiger partial charge in [0, 0.05) is 18.4 Å². The van der Waals surface area contributed by atoms with E-state index in [0.717, 1.165) is 17.6 Å². The molecule has 0 aliphatic heterocycles. The lowest BCUT2D eigenvalue weighted by Gasteiger charge is -2.12. The van der Waals surface area contributed by atoms with Crippen molar-refractivity contribution in [3.63, 3.8) is 0 Å². The number of nitrogens with zero attached hydrogens (tertiary/aromatic N) is 1. The first-order valence-electron chi connectivity index (χ1n) is 4.10. The van der Waals surface area contributed by atoms with Gasteiger partial charge < -0.3 is 5.73 Å². The molecular formula is C10H13ClN2. The molecule has 1 aromatic heterocycles. The topological polar surface area (TPSA) is 38.9 Å². The third kappa shape index (κ3) is 2.83. The Bertz CT molecular complexity index is 310. The van der Waals surface area contributed by atoms with Crippen molar-refractivity contribution in [1.82, 2.24) is 4.98 Å². The monoisotopic (exact) mass is 196 g/mol. The maximum absolute atomic E-state index is 5.93. The van der Waals surface area contributed by atoms with Crippen LogP contribution >= 0.6 is 11.6 Å². The summed E-state index contributed by atoms with van der Waals surface area (Å²) in [6.45, 7) is 5.76. The molecular weight excluding hydrogens is 184 g/mol. The smallest absolute Gasteiger partial charge is 0.0637 e. The molecule has 0 bridgehead atoms. The number of rotatable bonds is 3. The second-order valence-corrected chi connectivity index (χ2v) is 3.57. The molecule has 0 aromatic carbocycles. The first-order chi connectivity index (χ1) is 6.11. The van der Waals surface area contributed by atoms with Gasteiger partial charge in [0.25, 0.3) is 0 Å². The summed E-state index contributed by atoms with van der Waals surface area (Å²) < 4.78 is 0. The van der Waals surface area contributed by atoms with Crippen molar-refractivity contribution in [2.45, 2.75) is 19.4 Å². The molecule has 2 N–H and O–H groups in total. The summed E-state index contributed by atoms with van der Waals surface area (Å²) in [7, 11) is 0. The Morgan fingerprint density at radius 2 is 2.46 bits per heavy atom. The van der Waals surface area contributed by atoms with Crippen LogP contribution in [-0.2, 0) is 0 Å². The second-order valence-electron chi connectivity index (χ2n) is 3.16. The van der Waals surface area contributed by atoms with Gasteiger partial charge in [-0.05, 0) is 25.0 Å². The molecule has 1 heterocycles. The molecule has 1 atom stereocenters. The number of hydrogen-bond acceptors (Lipinski definition) is 2. The summed E-state index contributed by atoms with van der Waals surface area (Å²) in [4.78, 5) is 3.90. The van der Waals surface area contributed by atoms with Crippen molar-refractivity contribution in [3.05, 3.63) is 41.2 Å². The van der Waals surface area contributed by atoms with Crippen LogP contribution in [-0.4, -0.2) is 4.98 Å². The second kappa shape index (κ2) is 4.40. The number of halogens is 1. The average Bonchev–Trinajstić information content (AvgIpc) is 2.03. The molecule has 13 heavy (non-hydrogen) atoms. The maximum Gasteiger partial charge on any atom is 0.0637 e. The Labute approximate surface area is 83.4 Å². The highest BCUT2D eigenvalue weighted by Crippen LogP contribution is 2.23. The summed E-state index contributed by atoms with van der Waals surface area (Å²) >= 11 is 5.93. The SMILES string of the molecule is C=C(C)C[C@@H](N)c1ccncc1Cl. The van der Waals surface area contributed by atoms with Crippen molar-refractivity contribution in [1.29, 1.82) is 0 Å². The van der Waals surface area contributed by atoms with Crippen LogP contribution in [0.5, 0.6) is 0 Å². The van der Waals surface area contributed by atoms with E-state index in [1.807, 2.05) is 13.0 Å². The zero-order valence-corrected chi connectivity index (χ0v) is 8.38. The zero-order valence-electron chi connectivity index (χ0n) is 7.63. The molecule has 0 amide bonds. The minimum Gasteiger partial charge on any atom is -0.324 e. The minimum atomic E-state index is -0.0759. The molecule has 0 aliphatic carbocycles. The predicted molar refractivity (Wildman–Crippen MR) is 55.6 cm³/mol. The third-order valence-electron chi connectivity index (χ3n) is 1.77. The van der Waals surface area contributed by atoms with Gasteiger partial charge in [0.05, 0.1) is 5.02 Å². The highest BCUT2D eigenvalue weighted by molar-refractivity contribution is 6.31. The summed E-state index contributed by atoms with van der Waals surface area (Å²) in [5.41, 5.74) is 7.91. The molecule has 1 rings (SSSR count). The molecule has 0 saturated carbocycles. The molecule has 0 aliphatic rings. The van der Waals surface area contributed by atoms with Crippen molar-refractivity contribution in [2.24, 2.45) is 5.73 Å². The highest BCUT2D eigenvalue weighted by atomic mass is 35.5. The zero-order chi connectivity index (χ0) is 9.84. The van der Waals surface area contributed by atoms with E-state index in [1.54, 1.807) is 12.4 Å². The molecule has 0 unspecified atom stereocenters. The molecule has 70 valence electrons. The standard InChI is InChI=1S/C10H13ClN2/c1-7(2)5-10(12)8-3-4-13-6-9(8)11/h3-4,6,10H,1,5,12H2,2H3/t10-/m1/s1. The van der Waals surface area contributed by atoms with Crippen LogP contribution in [0.25, 0.3) is 0 Å². The van der Waals surface area contributed by atoms with Crippen LogP contribution < -0.4 is 5.73 Å². The predicted octanol–water partition coefficient (Wildman–Crippen LogP) is 2.70. The molecule has 3 heteroatoms. The number of aromatic nitrogens is 1. The van der Waals surface area contributed by atoms with Gasteiger partial charge in [-0.2, -0.15) is 0 Å². The summed E-state index contributed by atoms with van der Waals surface area (Å²) in [5.74, 6) is 0. The van der Waals surface area contributed by atoms with Crippen LogP contribution in [0.3, 0.4) is 0 Å². The van der Waals surface area contributed by atoms with E-state index in [-0.39, 0.29) is 6.04 Å². The van der Waals surface area contributed by atoms with Crippen molar-refractivity contribution >= 4 is 11.6 Å². The van der Waals surface area contributed by atoms with Crippen molar-refractivity contribution in [2.75, 3.05) is 0 Å². The fourth-order valence-electron chi connectivity index (χ4n) is 1.17. The minimum absolute atomic E-state index is 0.0759. The van der Waals surface area contributed by atoms with Gasteiger partial charge in [-0.1, -0.05) is 17.2 Å². The van der Waals surface area contributed by atoms with Crippen LogP contribution in [0.15, 0.2) is 30.6 Å². The van der Waals surface area contributed by atoms with Crippen LogP contribution in [0.1, 0.15) is 24.9 Å². The average molecular weight is 197 g/mol. The van der Waals surface area contributed by atoms with Crippen molar-refractivity contribution < 1.29 is 0 Å². The summed E-state index contributed by atoms with van der Waals surface area (Å²) in [5, 5.41) is 0.622. The normalized spacial score (nSPS) is 12.5. The van der Waals surface area contributed by atoms with E-state index >= 15 is 0 Å². The Kier molecular flexibility index (Phi) is 3.46. The van der Waals surface area contributed by atoms with E-state index in [0.29, 0.717) is 5.02 Å². The van der Waals surface area contributed by atoms with E-state index in [4.69, 9.17) is 17.3 Å². The van der Waals surface area contributed by atoms with Crippen LogP contribution in [0, 0.1) is 0 Å². The molecule has 2 nitrogen and oxygen atoms in total. The Hall–Kier alpha value is -0.860. The quantitative estimate of drug-likeness (QED) is 0.755. The molecule has 1 aromatic rings.